The summed E-state index contributed by atoms with van der Waals surface area (Å²) < 4.78 is 0. The maximum Gasteiger partial charge on any atom is 0.288 e. The first-order chi connectivity index (χ1) is 15.3. The van der Waals surface area contributed by atoms with Gasteiger partial charge in [-0.1, -0.05) is 36.2 Å². The SMILES string of the molecule is CCC(=O)N1CCN(c2ccc(Cl)cc2NC(=O)/C=C/c2ccc(Cl)c([N+](=O)[O-])c2)CC1. The molecule has 1 fully saturated rings. The lowest BCUT2D eigenvalue weighted by molar-refractivity contribution is -0.384. The average Bonchev–Trinajstić information content (AvgIpc) is 2.78. The van der Waals surface area contributed by atoms with Crippen molar-refractivity contribution in [2.75, 3.05) is 36.4 Å². The van der Waals surface area contributed by atoms with Gasteiger partial charge < -0.3 is 15.1 Å². The molecule has 168 valence electrons. The van der Waals surface area contributed by atoms with Crippen LogP contribution in [0.5, 0.6) is 0 Å². The van der Waals surface area contributed by atoms with Gasteiger partial charge in [-0.05, 0) is 35.9 Å². The number of nitro groups is 1. The number of anilines is 2. The van der Waals surface area contributed by atoms with Gasteiger partial charge in [-0.3, -0.25) is 19.7 Å². The first-order valence-electron chi connectivity index (χ1n) is 10.0. The molecule has 2 aromatic carbocycles. The van der Waals surface area contributed by atoms with Crippen molar-refractivity contribution in [2.24, 2.45) is 0 Å². The number of carbonyl (C=O) groups excluding carboxylic acids is 2. The van der Waals surface area contributed by atoms with Crippen LogP contribution in [0.15, 0.2) is 42.5 Å². The molecule has 0 unspecified atom stereocenters. The van der Waals surface area contributed by atoms with Crippen LogP contribution in [0.4, 0.5) is 17.1 Å². The minimum atomic E-state index is -0.578. The van der Waals surface area contributed by atoms with Crippen LogP contribution in [0.1, 0.15) is 18.9 Å². The molecule has 0 spiro atoms. The van der Waals surface area contributed by atoms with E-state index in [-0.39, 0.29) is 16.6 Å². The molecule has 0 saturated carbocycles. The molecule has 2 aromatic rings. The third kappa shape index (κ3) is 5.77. The van der Waals surface area contributed by atoms with Crippen molar-refractivity contribution in [3.63, 3.8) is 0 Å². The van der Waals surface area contributed by atoms with Crippen molar-refractivity contribution < 1.29 is 14.5 Å². The van der Waals surface area contributed by atoms with Crippen molar-refractivity contribution in [3.05, 3.63) is 68.2 Å². The van der Waals surface area contributed by atoms with Gasteiger partial charge in [-0.15, -0.1) is 0 Å². The van der Waals surface area contributed by atoms with Crippen LogP contribution >= 0.6 is 23.2 Å². The molecule has 1 heterocycles. The van der Waals surface area contributed by atoms with Crippen LogP contribution in [0, 0.1) is 10.1 Å². The Morgan fingerprint density at radius 3 is 2.50 bits per heavy atom. The van der Waals surface area contributed by atoms with Crippen molar-refractivity contribution in [3.8, 4) is 0 Å². The van der Waals surface area contributed by atoms with Crippen molar-refractivity contribution in [1.82, 2.24) is 4.90 Å². The van der Waals surface area contributed by atoms with Crippen molar-refractivity contribution in [2.45, 2.75) is 13.3 Å². The maximum atomic E-state index is 12.5. The number of benzene rings is 2. The summed E-state index contributed by atoms with van der Waals surface area (Å²) in [6.45, 7) is 4.34. The summed E-state index contributed by atoms with van der Waals surface area (Å²) >= 11 is 12.0. The van der Waals surface area contributed by atoms with Crippen LogP contribution in [-0.2, 0) is 9.59 Å². The fourth-order valence-corrected chi connectivity index (χ4v) is 3.78. The van der Waals surface area contributed by atoms with E-state index in [2.05, 4.69) is 10.2 Å². The molecule has 1 aliphatic rings. The normalized spacial score (nSPS) is 14.0. The number of nitrogens with one attached hydrogen (secondary N) is 1. The number of amides is 2. The minimum Gasteiger partial charge on any atom is -0.366 e. The van der Waals surface area contributed by atoms with Crippen LogP contribution < -0.4 is 10.2 Å². The second-order valence-electron chi connectivity index (χ2n) is 7.17. The number of hydrogen-bond donors (Lipinski definition) is 1. The molecule has 8 nitrogen and oxygen atoms in total. The van der Waals surface area contributed by atoms with Crippen LogP contribution in [0.3, 0.4) is 0 Å². The lowest BCUT2D eigenvalue weighted by Gasteiger charge is -2.37. The minimum absolute atomic E-state index is 0.0286. The largest absolute Gasteiger partial charge is 0.366 e. The molecule has 0 aliphatic carbocycles. The molecular formula is C22H22Cl2N4O4. The number of piperazine rings is 1. The fourth-order valence-electron chi connectivity index (χ4n) is 3.42. The lowest BCUT2D eigenvalue weighted by atomic mass is 10.2. The number of hydrogen-bond acceptors (Lipinski definition) is 5. The van der Waals surface area contributed by atoms with E-state index in [1.165, 1.54) is 24.3 Å². The van der Waals surface area contributed by atoms with E-state index in [1.54, 1.807) is 18.2 Å². The summed E-state index contributed by atoms with van der Waals surface area (Å²) in [5.41, 5.74) is 1.60. The van der Waals surface area contributed by atoms with Gasteiger partial charge in [0.1, 0.15) is 5.02 Å². The van der Waals surface area contributed by atoms with Gasteiger partial charge >= 0.3 is 0 Å². The highest BCUT2D eigenvalue weighted by Crippen LogP contribution is 2.30. The Kier molecular flexibility index (Phi) is 7.71. The molecule has 2 amide bonds. The Morgan fingerprint density at radius 2 is 1.84 bits per heavy atom. The van der Waals surface area contributed by atoms with Gasteiger partial charge in [0, 0.05) is 49.8 Å². The van der Waals surface area contributed by atoms with E-state index in [1.807, 2.05) is 17.9 Å². The van der Waals surface area contributed by atoms with E-state index in [0.29, 0.717) is 48.9 Å². The summed E-state index contributed by atoms with van der Waals surface area (Å²) in [6.07, 6.45) is 3.24. The molecule has 3 rings (SSSR count). The van der Waals surface area contributed by atoms with Gasteiger partial charge in [0.25, 0.3) is 5.69 Å². The second-order valence-corrected chi connectivity index (χ2v) is 8.02. The zero-order valence-corrected chi connectivity index (χ0v) is 18.9. The maximum absolute atomic E-state index is 12.5. The topological polar surface area (TPSA) is 95.8 Å². The van der Waals surface area contributed by atoms with E-state index in [4.69, 9.17) is 23.2 Å². The van der Waals surface area contributed by atoms with Gasteiger partial charge in [-0.2, -0.15) is 0 Å². The van der Waals surface area contributed by atoms with Gasteiger partial charge in [-0.25, -0.2) is 0 Å². The molecule has 10 heteroatoms. The number of nitrogens with zero attached hydrogens (tertiary/aromatic N) is 3. The summed E-state index contributed by atoms with van der Waals surface area (Å²) in [4.78, 5) is 38.8. The summed E-state index contributed by atoms with van der Waals surface area (Å²) in [5.74, 6) is -0.284. The molecule has 32 heavy (non-hydrogen) atoms. The number of halogens is 2. The van der Waals surface area contributed by atoms with Crippen LogP contribution in [0.25, 0.3) is 6.08 Å². The lowest BCUT2D eigenvalue weighted by Crippen LogP contribution is -2.48. The van der Waals surface area contributed by atoms with Gasteiger partial charge in [0.2, 0.25) is 11.8 Å². The highest BCUT2D eigenvalue weighted by Gasteiger charge is 2.22. The summed E-state index contributed by atoms with van der Waals surface area (Å²) in [5, 5.41) is 14.3. The van der Waals surface area contributed by atoms with Crippen LogP contribution in [0.2, 0.25) is 10.0 Å². The van der Waals surface area contributed by atoms with Crippen molar-refractivity contribution >= 4 is 58.2 Å². The quantitative estimate of drug-likeness (QED) is 0.373. The molecule has 1 saturated heterocycles. The molecule has 0 atom stereocenters. The Labute approximate surface area is 195 Å². The zero-order chi connectivity index (χ0) is 23.3. The number of carbonyl (C=O) groups is 2. The first-order valence-corrected chi connectivity index (χ1v) is 10.8. The van der Waals surface area contributed by atoms with Gasteiger partial charge in [0.05, 0.1) is 16.3 Å². The van der Waals surface area contributed by atoms with E-state index >= 15 is 0 Å². The summed E-state index contributed by atoms with van der Waals surface area (Å²) in [6, 6.07) is 9.55. The standard InChI is InChI=1S/C22H22Cl2N4O4/c1-2-22(30)27-11-9-26(10-12-27)19-7-5-16(23)14-18(19)25-21(29)8-4-15-3-6-17(24)20(13-15)28(31)32/h3-8,13-14H,2,9-12H2,1H3,(H,25,29)/b8-4+. The average molecular weight is 477 g/mol. The third-order valence-corrected chi connectivity index (χ3v) is 5.64. The predicted molar refractivity (Wildman–Crippen MR) is 126 cm³/mol. The molecule has 1 aliphatic heterocycles. The number of nitro benzene ring substituents is 1. The third-order valence-electron chi connectivity index (χ3n) is 5.09. The highest BCUT2D eigenvalue weighted by atomic mass is 35.5. The predicted octanol–water partition coefficient (Wildman–Crippen LogP) is 4.61. The Bertz CT molecular complexity index is 1070. The molecule has 0 bridgehead atoms. The monoisotopic (exact) mass is 476 g/mol. The van der Waals surface area contributed by atoms with Crippen LogP contribution in [-0.4, -0.2) is 47.8 Å². The van der Waals surface area contributed by atoms with Gasteiger partial charge in [0.15, 0.2) is 0 Å². The Hall–Kier alpha value is -3.10. The summed E-state index contributed by atoms with van der Waals surface area (Å²) in [7, 11) is 0. The molecular weight excluding hydrogens is 455 g/mol. The first kappa shape index (κ1) is 23.6. The smallest absolute Gasteiger partial charge is 0.288 e. The fraction of sp³-hybridized carbons (Fsp3) is 0.273. The Balaban J connectivity index is 1.72. The molecule has 0 aromatic heterocycles. The Morgan fingerprint density at radius 1 is 1.12 bits per heavy atom. The van der Waals surface area contributed by atoms with E-state index in [0.717, 1.165) is 5.69 Å². The highest BCUT2D eigenvalue weighted by molar-refractivity contribution is 6.32. The second kappa shape index (κ2) is 10.5. The zero-order valence-electron chi connectivity index (χ0n) is 17.4. The van der Waals surface area contributed by atoms with Crippen molar-refractivity contribution in [1.29, 1.82) is 0 Å². The number of rotatable bonds is 6. The van der Waals surface area contributed by atoms with E-state index in [9.17, 15) is 19.7 Å². The van der Waals surface area contributed by atoms with E-state index < -0.39 is 10.8 Å². The molecule has 1 N–H and O–H groups in total. The molecule has 0 radical (unpaired) electrons.